The Labute approximate surface area is 107 Å². The smallest absolute Gasteiger partial charge is 0.146 e. The van der Waals surface area contributed by atoms with Gasteiger partial charge in [-0.2, -0.15) is 11.8 Å². The summed E-state index contributed by atoms with van der Waals surface area (Å²) in [5.41, 5.74) is 7.86. The summed E-state index contributed by atoms with van der Waals surface area (Å²) in [6.07, 6.45) is 2.82. The number of aryl methyl sites for hydroxylation is 1. The van der Waals surface area contributed by atoms with Crippen molar-refractivity contribution < 1.29 is 0 Å². The van der Waals surface area contributed by atoms with Gasteiger partial charge >= 0.3 is 0 Å². The van der Waals surface area contributed by atoms with Gasteiger partial charge in [0.15, 0.2) is 0 Å². The van der Waals surface area contributed by atoms with Gasteiger partial charge in [0.05, 0.1) is 6.04 Å². The summed E-state index contributed by atoms with van der Waals surface area (Å²) < 4.78 is 0. The molecule has 0 bridgehead atoms. The third-order valence-corrected chi connectivity index (χ3v) is 4.24. The Morgan fingerprint density at radius 3 is 3.06 bits per heavy atom. The van der Waals surface area contributed by atoms with E-state index in [-0.39, 0.29) is 0 Å². The minimum absolute atomic E-state index is 0.353. The van der Waals surface area contributed by atoms with Crippen molar-refractivity contribution in [2.75, 3.05) is 25.1 Å². The summed E-state index contributed by atoms with van der Waals surface area (Å²) in [6.45, 7) is 3.75. The second-order valence-electron chi connectivity index (χ2n) is 4.33. The lowest BCUT2D eigenvalue weighted by Gasteiger charge is -2.31. The fraction of sp³-hybridized carbons (Fsp3) is 0.667. The second-order valence-corrected chi connectivity index (χ2v) is 5.48. The van der Waals surface area contributed by atoms with Crippen molar-refractivity contribution >= 4 is 11.8 Å². The number of rotatable bonds is 3. The molecule has 17 heavy (non-hydrogen) atoms. The number of nitrogens with zero attached hydrogens (tertiary/aromatic N) is 3. The molecule has 1 aromatic rings. The number of hydrogen-bond acceptors (Lipinski definition) is 5. The molecule has 1 aromatic heterocycles. The number of hydrogen-bond donors (Lipinski definition) is 1. The molecule has 0 saturated carbocycles. The van der Waals surface area contributed by atoms with E-state index in [9.17, 15) is 0 Å². The van der Waals surface area contributed by atoms with Crippen LogP contribution in [0.2, 0.25) is 0 Å². The fourth-order valence-corrected chi connectivity index (χ4v) is 3.26. The molecule has 0 aliphatic carbocycles. The van der Waals surface area contributed by atoms with E-state index >= 15 is 0 Å². The average Bonchev–Trinajstić information content (AvgIpc) is 2.38. The van der Waals surface area contributed by atoms with E-state index in [1.165, 1.54) is 5.75 Å². The van der Waals surface area contributed by atoms with Crippen LogP contribution >= 0.6 is 11.8 Å². The van der Waals surface area contributed by atoms with Crippen LogP contribution in [-0.2, 0) is 13.0 Å². The lowest BCUT2D eigenvalue weighted by Crippen LogP contribution is -2.34. The fourth-order valence-electron chi connectivity index (χ4n) is 2.05. The third kappa shape index (κ3) is 2.78. The summed E-state index contributed by atoms with van der Waals surface area (Å²) in [7, 11) is 2.15. The zero-order valence-electron chi connectivity index (χ0n) is 10.5. The highest BCUT2D eigenvalue weighted by Crippen LogP contribution is 2.26. The standard InChI is InChI=1S/C12H20N4S/c1-3-10-9(6-13)7-14-12(15-10)11-8-17-5-4-16(11)2/h7,11H,3-6,8,13H2,1-2H3. The summed E-state index contributed by atoms with van der Waals surface area (Å²) >= 11 is 1.98. The Balaban J connectivity index is 2.25. The van der Waals surface area contributed by atoms with Gasteiger partial charge in [0.25, 0.3) is 0 Å². The van der Waals surface area contributed by atoms with Gasteiger partial charge in [-0.15, -0.1) is 0 Å². The van der Waals surface area contributed by atoms with Crippen molar-refractivity contribution in [1.29, 1.82) is 0 Å². The molecule has 94 valence electrons. The van der Waals surface area contributed by atoms with E-state index in [2.05, 4.69) is 28.8 Å². The van der Waals surface area contributed by atoms with Crippen molar-refractivity contribution in [2.24, 2.45) is 5.73 Å². The Kier molecular flexibility index (Phi) is 4.36. The SMILES string of the molecule is CCc1nc(C2CSCCN2C)ncc1CN. The average molecular weight is 252 g/mol. The van der Waals surface area contributed by atoms with Gasteiger partial charge in [-0.05, 0) is 13.5 Å². The van der Waals surface area contributed by atoms with Crippen LogP contribution in [0.1, 0.15) is 30.0 Å². The number of nitrogens with two attached hydrogens (primary N) is 1. The Morgan fingerprint density at radius 2 is 2.41 bits per heavy atom. The van der Waals surface area contributed by atoms with Crippen molar-refractivity contribution in [2.45, 2.75) is 25.9 Å². The van der Waals surface area contributed by atoms with E-state index in [0.29, 0.717) is 12.6 Å². The monoisotopic (exact) mass is 252 g/mol. The molecule has 1 unspecified atom stereocenters. The molecule has 2 rings (SSSR count). The van der Waals surface area contributed by atoms with Crippen molar-refractivity contribution in [1.82, 2.24) is 14.9 Å². The molecule has 1 aliphatic heterocycles. The Morgan fingerprint density at radius 1 is 1.59 bits per heavy atom. The summed E-state index contributed by atoms with van der Waals surface area (Å²) in [6, 6.07) is 0.353. The first kappa shape index (κ1) is 12.8. The van der Waals surface area contributed by atoms with Crippen LogP contribution in [0.4, 0.5) is 0 Å². The van der Waals surface area contributed by atoms with Gasteiger partial charge in [-0.1, -0.05) is 6.92 Å². The first-order valence-electron chi connectivity index (χ1n) is 6.09. The molecule has 1 atom stereocenters. The van der Waals surface area contributed by atoms with Gasteiger partial charge in [0.1, 0.15) is 5.82 Å². The maximum absolute atomic E-state index is 5.69. The molecule has 0 amide bonds. The minimum Gasteiger partial charge on any atom is -0.326 e. The molecule has 2 heterocycles. The van der Waals surface area contributed by atoms with Crippen LogP contribution in [0.3, 0.4) is 0 Å². The third-order valence-electron chi connectivity index (χ3n) is 3.22. The Bertz CT molecular complexity index is 383. The molecule has 5 heteroatoms. The van der Waals surface area contributed by atoms with E-state index < -0.39 is 0 Å². The van der Waals surface area contributed by atoms with E-state index in [1.807, 2.05) is 18.0 Å². The Hall–Kier alpha value is -0.650. The molecule has 2 N–H and O–H groups in total. The quantitative estimate of drug-likeness (QED) is 0.876. The van der Waals surface area contributed by atoms with Crippen LogP contribution in [0, 0.1) is 0 Å². The van der Waals surface area contributed by atoms with Gasteiger partial charge in [0, 0.05) is 42.0 Å². The van der Waals surface area contributed by atoms with Crippen LogP contribution in [0.5, 0.6) is 0 Å². The van der Waals surface area contributed by atoms with Gasteiger partial charge in [-0.25, -0.2) is 9.97 Å². The van der Waals surface area contributed by atoms with Gasteiger partial charge in [0.2, 0.25) is 0 Å². The summed E-state index contributed by atoms with van der Waals surface area (Å²) in [5, 5.41) is 0. The van der Waals surface area contributed by atoms with Crippen molar-refractivity contribution in [3.63, 3.8) is 0 Å². The molecular formula is C12H20N4S. The number of aromatic nitrogens is 2. The molecule has 0 spiro atoms. The highest BCUT2D eigenvalue weighted by atomic mass is 32.2. The van der Waals surface area contributed by atoms with E-state index in [0.717, 1.165) is 35.8 Å². The van der Waals surface area contributed by atoms with Gasteiger partial charge in [-0.3, -0.25) is 4.90 Å². The first-order valence-corrected chi connectivity index (χ1v) is 7.24. The molecule has 4 nitrogen and oxygen atoms in total. The van der Waals surface area contributed by atoms with Crippen LogP contribution < -0.4 is 5.73 Å². The maximum atomic E-state index is 5.69. The van der Waals surface area contributed by atoms with Crippen LogP contribution in [-0.4, -0.2) is 40.0 Å². The zero-order valence-corrected chi connectivity index (χ0v) is 11.3. The largest absolute Gasteiger partial charge is 0.326 e. The predicted octanol–water partition coefficient (Wildman–Crippen LogP) is 1.22. The molecule has 1 fully saturated rings. The second kappa shape index (κ2) is 5.80. The normalized spacial score (nSPS) is 21.7. The minimum atomic E-state index is 0.353. The summed E-state index contributed by atoms with van der Waals surface area (Å²) in [4.78, 5) is 11.5. The lowest BCUT2D eigenvalue weighted by atomic mass is 10.1. The first-order chi connectivity index (χ1) is 8.26. The molecule has 0 aromatic carbocycles. The number of thioether (sulfide) groups is 1. The zero-order chi connectivity index (χ0) is 12.3. The topological polar surface area (TPSA) is 55.0 Å². The van der Waals surface area contributed by atoms with E-state index in [1.54, 1.807) is 0 Å². The predicted molar refractivity (Wildman–Crippen MR) is 72.0 cm³/mol. The van der Waals surface area contributed by atoms with Crippen molar-refractivity contribution in [3.05, 3.63) is 23.3 Å². The van der Waals surface area contributed by atoms with Gasteiger partial charge < -0.3 is 5.73 Å². The molecular weight excluding hydrogens is 232 g/mol. The summed E-state index contributed by atoms with van der Waals surface area (Å²) in [5.74, 6) is 3.24. The van der Waals surface area contributed by atoms with Crippen LogP contribution in [0.25, 0.3) is 0 Å². The van der Waals surface area contributed by atoms with Crippen LogP contribution in [0.15, 0.2) is 6.20 Å². The highest BCUT2D eigenvalue weighted by molar-refractivity contribution is 7.99. The molecule has 1 aliphatic rings. The molecule has 0 radical (unpaired) electrons. The van der Waals surface area contributed by atoms with Crippen molar-refractivity contribution in [3.8, 4) is 0 Å². The van der Waals surface area contributed by atoms with E-state index in [4.69, 9.17) is 5.73 Å². The highest BCUT2D eigenvalue weighted by Gasteiger charge is 2.23. The lowest BCUT2D eigenvalue weighted by molar-refractivity contribution is 0.264. The molecule has 1 saturated heterocycles. The maximum Gasteiger partial charge on any atom is 0.146 e.